The third kappa shape index (κ3) is 6.51. The molecular formula is C16H25Cl2N3OS. The second-order valence-corrected chi connectivity index (χ2v) is 7.04. The summed E-state index contributed by atoms with van der Waals surface area (Å²) in [5, 5.41) is 0.770. The molecule has 1 atom stereocenters. The van der Waals surface area contributed by atoms with Crippen molar-refractivity contribution in [1.82, 2.24) is 9.80 Å². The van der Waals surface area contributed by atoms with Gasteiger partial charge in [0.25, 0.3) is 0 Å². The first-order valence-electron chi connectivity index (χ1n) is 7.60. The maximum Gasteiger partial charge on any atom is 0.239 e. The van der Waals surface area contributed by atoms with E-state index in [1.165, 1.54) is 5.56 Å². The molecule has 1 unspecified atom stereocenters. The van der Waals surface area contributed by atoms with Gasteiger partial charge in [-0.05, 0) is 36.1 Å². The van der Waals surface area contributed by atoms with Gasteiger partial charge in [0.2, 0.25) is 5.91 Å². The molecule has 1 heterocycles. The average Bonchev–Trinajstić information content (AvgIpc) is 2.52. The molecule has 2 rings (SSSR count). The lowest BCUT2D eigenvalue weighted by Crippen LogP contribution is -2.53. The highest BCUT2D eigenvalue weighted by Gasteiger charge is 2.24. The molecule has 23 heavy (non-hydrogen) atoms. The summed E-state index contributed by atoms with van der Waals surface area (Å²) in [6.07, 6.45) is 2.79. The molecule has 130 valence electrons. The number of nitrogens with zero attached hydrogens (tertiary/aromatic N) is 2. The molecule has 1 aliphatic heterocycles. The summed E-state index contributed by atoms with van der Waals surface area (Å²) in [5.74, 6) is 1.03. The molecule has 0 radical (unpaired) electrons. The summed E-state index contributed by atoms with van der Waals surface area (Å²) in [5.41, 5.74) is 7.19. The monoisotopic (exact) mass is 377 g/mol. The summed E-state index contributed by atoms with van der Waals surface area (Å²) >= 11 is 7.74. The Bertz CT molecular complexity index is 496. The minimum Gasteiger partial charge on any atom is -0.339 e. The van der Waals surface area contributed by atoms with Crippen LogP contribution in [0.1, 0.15) is 12.0 Å². The van der Waals surface area contributed by atoms with Gasteiger partial charge in [0.15, 0.2) is 0 Å². The number of benzene rings is 1. The number of amides is 1. The summed E-state index contributed by atoms with van der Waals surface area (Å²) in [4.78, 5) is 16.5. The molecule has 1 saturated heterocycles. The maximum atomic E-state index is 12.3. The van der Waals surface area contributed by atoms with Crippen LogP contribution in [0.15, 0.2) is 24.3 Å². The standard InChI is InChI=1S/C16H24ClN3OS.ClH/c1-22-10-5-15(18)16(21)20-8-6-19(7-9-20)12-13-3-2-4-14(17)11-13;/h2-4,11,15H,5-10,12,18H2,1H3;1H. The van der Waals surface area contributed by atoms with Gasteiger partial charge in [0, 0.05) is 37.7 Å². The van der Waals surface area contributed by atoms with Crippen LogP contribution in [0.2, 0.25) is 5.02 Å². The van der Waals surface area contributed by atoms with Gasteiger partial charge in [-0.15, -0.1) is 12.4 Å². The second kappa shape index (κ2) is 10.4. The van der Waals surface area contributed by atoms with E-state index in [1.54, 1.807) is 11.8 Å². The second-order valence-electron chi connectivity index (χ2n) is 5.62. The van der Waals surface area contributed by atoms with E-state index in [1.807, 2.05) is 29.4 Å². The minimum atomic E-state index is -0.355. The van der Waals surface area contributed by atoms with Crippen LogP contribution >= 0.6 is 35.8 Å². The van der Waals surface area contributed by atoms with Crippen molar-refractivity contribution in [3.05, 3.63) is 34.9 Å². The van der Waals surface area contributed by atoms with E-state index in [0.29, 0.717) is 0 Å². The van der Waals surface area contributed by atoms with Crippen molar-refractivity contribution in [1.29, 1.82) is 0 Å². The molecule has 0 aliphatic carbocycles. The molecular weight excluding hydrogens is 353 g/mol. The van der Waals surface area contributed by atoms with Gasteiger partial charge in [-0.25, -0.2) is 0 Å². The number of piperazine rings is 1. The van der Waals surface area contributed by atoms with E-state index in [9.17, 15) is 4.79 Å². The van der Waals surface area contributed by atoms with Crippen LogP contribution in [0.3, 0.4) is 0 Å². The number of carbonyl (C=O) groups is 1. The fourth-order valence-corrected chi connectivity index (χ4v) is 3.33. The third-order valence-corrected chi connectivity index (χ3v) is 4.81. The highest BCUT2D eigenvalue weighted by Crippen LogP contribution is 2.14. The zero-order valence-corrected chi connectivity index (χ0v) is 15.8. The lowest BCUT2D eigenvalue weighted by molar-refractivity contribution is -0.134. The molecule has 1 aliphatic rings. The summed E-state index contributed by atoms with van der Waals surface area (Å²) in [6.45, 7) is 4.15. The van der Waals surface area contributed by atoms with Gasteiger partial charge < -0.3 is 10.6 Å². The quantitative estimate of drug-likeness (QED) is 0.826. The molecule has 0 aromatic heterocycles. The molecule has 0 bridgehead atoms. The van der Waals surface area contributed by atoms with Crippen LogP contribution in [0, 0.1) is 0 Å². The molecule has 1 amide bonds. The first kappa shape index (κ1) is 20.6. The van der Waals surface area contributed by atoms with E-state index >= 15 is 0 Å². The molecule has 4 nitrogen and oxygen atoms in total. The van der Waals surface area contributed by atoms with Gasteiger partial charge in [0.1, 0.15) is 0 Å². The number of hydrogen-bond donors (Lipinski definition) is 1. The fourth-order valence-electron chi connectivity index (χ4n) is 2.62. The van der Waals surface area contributed by atoms with Crippen LogP contribution < -0.4 is 5.73 Å². The van der Waals surface area contributed by atoms with Crippen molar-refractivity contribution in [3.8, 4) is 0 Å². The molecule has 1 aromatic carbocycles. The predicted octanol–water partition coefficient (Wildman–Crippen LogP) is 2.49. The van der Waals surface area contributed by atoms with Crippen LogP contribution in [0.4, 0.5) is 0 Å². The topological polar surface area (TPSA) is 49.6 Å². The normalized spacial score (nSPS) is 16.7. The Hall–Kier alpha value is -0.460. The first-order chi connectivity index (χ1) is 10.6. The van der Waals surface area contributed by atoms with Crippen LogP contribution in [0.25, 0.3) is 0 Å². The van der Waals surface area contributed by atoms with E-state index in [4.69, 9.17) is 17.3 Å². The Kier molecular flexibility index (Phi) is 9.32. The van der Waals surface area contributed by atoms with Gasteiger partial charge in [-0.2, -0.15) is 11.8 Å². The minimum absolute atomic E-state index is 0. The summed E-state index contributed by atoms with van der Waals surface area (Å²) in [6, 6.07) is 7.59. The van der Waals surface area contributed by atoms with Gasteiger partial charge in [0.05, 0.1) is 6.04 Å². The molecule has 0 saturated carbocycles. The maximum absolute atomic E-state index is 12.3. The van der Waals surface area contributed by atoms with E-state index in [-0.39, 0.29) is 24.4 Å². The fraction of sp³-hybridized carbons (Fsp3) is 0.562. The van der Waals surface area contributed by atoms with Crippen molar-refractivity contribution in [2.24, 2.45) is 5.73 Å². The van der Waals surface area contributed by atoms with Crippen molar-refractivity contribution in [2.75, 3.05) is 38.2 Å². The molecule has 1 fully saturated rings. The van der Waals surface area contributed by atoms with Gasteiger partial charge in [-0.3, -0.25) is 9.69 Å². The van der Waals surface area contributed by atoms with Crippen LogP contribution in [0.5, 0.6) is 0 Å². The van der Waals surface area contributed by atoms with Crippen molar-refractivity contribution < 1.29 is 4.79 Å². The molecule has 7 heteroatoms. The zero-order valence-electron chi connectivity index (χ0n) is 13.4. The highest BCUT2D eigenvalue weighted by atomic mass is 35.5. The summed E-state index contributed by atoms with van der Waals surface area (Å²) < 4.78 is 0. The lowest BCUT2D eigenvalue weighted by atomic mass is 10.1. The third-order valence-electron chi connectivity index (χ3n) is 3.93. The molecule has 1 aromatic rings. The SMILES string of the molecule is CSCCC(N)C(=O)N1CCN(Cc2cccc(Cl)c2)CC1.Cl. The largest absolute Gasteiger partial charge is 0.339 e. The number of nitrogens with two attached hydrogens (primary N) is 1. The van der Waals surface area contributed by atoms with Crippen molar-refractivity contribution >= 4 is 41.7 Å². The Balaban J connectivity index is 0.00000264. The van der Waals surface area contributed by atoms with E-state index < -0.39 is 0 Å². The number of hydrogen-bond acceptors (Lipinski definition) is 4. The average molecular weight is 378 g/mol. The molecule has 2 N–H and O–H groups in total. The first-order valence-corrected chi connectivity index (χ1v) is 9.37. The van der Waals surface area contributed by atoms with Crippen molar-refractivity contribution in [3.63, 3.8) is 0 Å². The van der Waals surface area contributed by atoms with Crippen molar-refractivity contribution in [2.45, 2.75) is 19.0 Å². The summed E-state index contributed by atoms with van der Waals surface area (Å²) in [7, 11) is 0. The predicted molar refractivity (Wildman–Crippen MR) is 102 cm³/mol. The van der Waals surface area contributed by atoms with Gasteiger partial charge in [-0.1, -0.05) is 23.7 Å². The highest BCUT2D eigenvalue weighted by molar-refractivity contribution is 7.98. The van der Waals surface area contributed by atoms with E-state index in [2.05, 4.69) is 11.0 Å². The number of halogens is 2. The number of rotatable bonds is 6. The van der Waals surface area contributed by atoms with Crippen LogP contribution in [-0.4, -0.2) is 59.9 Å². The number of thioether (sulfide) groups is 1. The zero-order chi connectivity index (χ0) is 15.9. The Labute approximate surface area is 154 Å². The number of carbonyl (C=O) groups excluding carboxylic acids is 1. The van der Waals surface area contributed by atoms with Gasteiger partial charge >= 0.3 is 0 Å². The molecule has 0 spiro atoms. The lowest BCUT2D eigenvalue weighted by Gasteiger charge is -2.36. The van der Waals surface area contributed by atoms with Crippen LogP contribution in [-0.2, 0) is 11.3 Å². The smallest absolute Gasteiger partial charge is 0.239 e. The Morgan fingerprint density at radius 1 is 1.35 bits per heavy atom. The van der Waals surface area contributed by atoms with E-state index in [0.717, 1.165) is 49.9 Å². The Morgan fingerprint density at radius 3 is 2.65 bits per heavy atom. The Morgan fingerprint density at radius 2 is 2.04 bits per heavy atom.